The van der Waals surface area contributed by atoms with Crippen LogP contribution in [0.4, 0.5) is 0 Å². The molecule has 110 valence electrons. The molecule has 1 aliphatic heterocycles. The third-order valence-corrected chi connectivity index (χ3v) is 4.78. The van der Waals surface area contributed by atoms with Gasteiger partial charge in [-0.3, -0.25) is 0 Å². The highest BCUT2D eigenvalue weighted by Crippen LogP contribution is 2.39. The van der Waals surface area contributed by atoms with E-state index in [1.54, 1.807) is 0 Å². The highest BCUT2D eigenvalue weighted by atomic mass is 79.9. The van der Waals surface area contributed by atoms with E-state index in [4.69, 9.17) is 9.47 Å². The number of hydrogen-bond acceptors (Lipinski definition) is 4. The predicted octanol–water partition coefficient (Wildman–Crippen LogP) is 2.62. The molecule has 1 heterocycles. The predicted molar refractivity (Wildman–Crippen MR) is 80.3 cm³/mol. The van der Waals surface area contributed by atoms with E-state index in [0.29, 0.717) is 13.2 Å². The van der Waals surface area contributed by atoms with Crippen LogP contribution < -0.4 is 14.8 Å². The Morgan fingerprint density at radius 3 is 2.70 bits per heavy atom. The monoisotopic (exact) mass is 341 g/mol. The van der Waals surface area contributed by atoms with E-state index in [1.165, 1.54) is 12.8 Å². The van der Waals surface area contributed by atoms with E-state index < -0.39 is 0 Å². The Balaban J connectivity index is 1.73. The molecule has 0 amide bonds. The van der Waals surface area contributed by atoms with E-state index in [2.05, 4.69) is 27.3 Å². The first-order valence-electron chi connectivity index (χ1n) is 7.16. The third kappa shape index (κ3) is 2.80. The summed E-state index contributed by atoms with van der Waals surface area (Å²) in [6.07, 6.45) is 4.49. The van der Waals surface area contributed by atoms with Crippen molar-refractivity contribution in [2.45, 2.75) is 37.8 Å². The van der Waals surface area contributed by atoms with Crippen LogP contribution in [0.3, 0.4) is 0 Å². The fourth-order valence-corrected chi connectivity index (χ4v) is 3.60. The molecule has 1 aliphatic carbocycles. The zero-order valence-electron chi connectivity index (χ0n) is 11.5. The maximum Gasteiger partial charge on any atom is 0.175 e. The molecular formula is C15H20BrNO3. The summed E-state index contributed by atoms with van der Waals surface area (Å²) in [5.41, 5.74) is 1.04. The number of halogens is 1. The molecule has 0 saturated heterocycles. The Morgan fingerprint density at radius 2 is 1.95 bits per heavy atom. The normalized spacial score (nSPS) is 20.1. The van der Waals surface area contributed by atoms with Gasteiger partial charge in [0.15, 0.2) is 11.5 Å². The number of aliphatic hydroxyl groups excluding tert-OH is 1. The maximum atomic E-state index is 9.62. The minimum atomic E-state index is -0.0975. The molecule has 4 nitrogen and oxygen atoms in total. The van der Waals surface area contributed by atoms with Gasteiger partial charge in [-0.15, -0.1) is 0 Å². The van der Waals surface area contributed by atoms with Crippen LogP contribution >= 0.6 is 15.9 Å². The van der Waals surface area contributed by atoms with Crippen LogP contribution in [0.25, 0.3) is 0 Å². The Bertz CT molecular complexity index is 486. The van der Waals surface area contributed by atoms with Gasteiger partial charge < -0.3 is 19.9 Å². The second-order valence-corrected chi connectivity index (χ2v) is 6.46. The number of rotatable bonds is 4. The molecule has 2 N–H and O–H groups in total. The lowest BCUT2D eigenvalue weighted by molar-refractivity contribution is 0.162. The fraction of sp³-hybridized carbons (Fsp3) is 0.600. The van der Waals surface area contributed by atoms with Gasteiger partial charge in [0.2, 0.25) is 0 Å². The molecule has 0 atom stereocenters. The van der Waals surface area contributed by atoms with Crippen molar-refractivity contribution < 1.29 is 14.6 Å². The second-order valence-electron chi connectivity index (χ2n) is 5.60. The Kier molecular flexibility index (Phi) is 4.19. The van der Waals surface area contributed by atoms with Crippen LogP contribution in [0.1, 0.15) is 31.2 Å². The van der Waals surface area contributed by atoms with Crippen LogP contribution in [-0.4, -0.2) is 30.5 Å². The van der Waals surface area contributed by atoms with Crippen LogP contribution in [0.5, 0.6) is 11.5 Å². The van der Waals surface area contributed by atoms with Gasteiger partial charge in [0.1, 0.15) is 13.2 Å². The summed E-state index contributed by atoms with van der Waals surface area (Å²) >= 11 is 3.53. The zero-order chi connectivity index (χ0) is 14.0. The molecule has 1 aromatic rings. The molecule has 0 aromatic heterocycles. The fourth-order valence-electron chi connectivity index (χ4n) is 3.00. The van der Waals surface area contributed by atoms with E-state index in [1.807, 2.05) is 6.07 Å². The highest BCUT2D eigenvalue weighted by molar-refractivity contribution is 9.10. The third-order valence-electron chi connectivity index (χ3n) is 4.19. The summed E-state index contributed by atoms with van der Waals surface area (Å²) < 4.78 is 12.2. The molecular weight excluding hydrogens is 322 g/mol. The number of aliphatic hydroxyl groups is 1. The summed E-state index contributed by atoms with van der Waals surface area (Å²) in [7, 11) is 0. The first kappa shape index (κ1) is 14.2. The van der Waals surface area contributed by atoms with Crippen molar-refractivity contribution in [1.29, 1.82) is 0 Å². The number of hydrogen-bond donors (Lipinski definition) is 2. The lowest BCUT2D eigenvalue weighted by Crippen LogP contribution is -2.45. The average molecular weight is 342 g/mol. The van der Waals surface area contributed by atoms with Gasteiger partial charge in [-0.05, 0) is 46.5 Å². The van der Waals surface area contributed by atoms with Gasteiger partial charge in [-0.25, -0.2) is 0 Å². The van der Waals surface area contributed by atoms with Crippen molar-refractivity contribution in [3.8, 4) is 11.5 Å². The van der Waals surface area contributed by atoms with E-state index in [0.717, 1.165) is 40.9 Å². The zero-order valence-corrected chi connectivity index (χ0v) is 13.0. The molecule has 1 fully saturated rings. The summed E-state index contributed by atoms with van der Waals surface area (Å²) in [5, 5.41) is 13.2. The topological polar surface area (TPSA) is 50.7 Å². The quantitative estimate of drug-likeness (QED) is 0.883. The molecule has 20 heavy (non-hydrogen) atoms. The number of fused-ring (bicyclic) bond motifs is 1. The number of ether oxygens (including phenoxy) is 2. The van der Waals surface area contributed by atoms with Crippen LogP contribution in [-0.2, 0) is 6.54 Å². The van der Waals surface area contributed by atoms with Crippen molar-refractivity contribution in [3.63, 3.8) is 0 Å². The number of nitrogens with one attached hydrogen (secondary N) is 1. The number of benzene rings is 1. The van der Waals surface area contributed by atoms with Crippen molar-refractivity contribution in [3.05, 3.63) is 22.2 Å². The molecule has 1 saturated carbocycles. The van der Waals surface area contributed by atoms with Gasteiger partial charge in [0.05, 0.1) is 11.1 Å². The second kappa shape index (κ2) is 5.92. The summed E-state index contributed by atoms with van der Waals surface area (Å²) in [6.45, 7) is 2.13. The first-order valence-corrected chi connectivity index (χ1v) is 7.96. The standard InChI is InChI=1S/C15H20BrNO3/c16-12-7-11(8-13-14(12)20-6-5-19-13)9-17-15(10-18)3-1-2-4-15/h7-8,17-18H,1-6,9-10H2. The van der Waals surface area contributed by atoms with Gasteiger partial charge in [0, 0.05) is 12.1 Å². The van der Waals surface area contributed by atoms with Crippen molar-refractivity contribution >= 4 is 15.9 Å². The van der Waals surface area contributed by atoms with E-state index in [9.17, 15) is 5.11 Å². The lowest BCUT2D eigenvalue weighted by atomic mass is 9.98. The summed E-state index contributed by atoms with van der Waals surface area (Å²) in [6, 6.07) is 4.08. The van der Waals surface area contributed by atoms with Gasteiger partial charge in [-0.2, -0.15) is 0 Å². The van der Waals surface area contributed by atoms with Gasteiger partial charge >= 0.3 is 0 Å². The minimum Gasteiger partial charge on any atom is -0.486 e. The molecule has 2 aliphatic rings. The molecule has 0 radical (unpaired) electrons. The van der Waals surface area contributed by atoms with Crippen LogP contribution in [0.2, 0.25) is 0 Å². The van der Waals surface area contributed by atoms with Gasteiger partial charge in [0.25, 0.3) is 0 Å². The Morgan fingerprint density at radius 1 is 1.20 bits per heavy atom. The Labute approximate surface area is 127 Å². The summed E-state index contributed by atoms with van der Waals surface area (Å²) in [4.78, 5) is 0. The molecule has 5 heteroatoms. The molecule has 0 spiro atoms. The molecule has 3 rings (SSSR count). The van der Waals surface area contributed by atoms with Crippen LogP contribution in [0.15, 0.2) is 16.6 Å². The van der Waals surface area contributed by atoms with Crippen LogP contribution in [0, 0.1) is 0 Å². The SMILES string of the molecule is OCC1(NCc2cc(Br)c3c(c2)OCCO3)CCCC1. The molecule has 1 aromatic carbocycles. The van der Waals surface area contributed by atoms with E-state index in [-0.39, 0.29) is 12.1 Å². The maximum absolute atomic E-state index is 9.62. The van der Waals surface area contributed by atoms with Crippen molar-refractivity contribution in [1.82, 2.24) is 5.32 Å². The lowest BCUT2D eigenvalue weighted by Gasteiger charge is -2.28. The smallest absolute Gasteiger partial charge is 0.175 e. The van der Waals surface area contributed by atoms with Crippen molar-refractivity contribution in [2.24, 2.45) is 0 Å². The average Bonchev–Trinajstić information content (AvgIpc) is 2.95. The minimum absolute atomic E-state index is 0.0975. The van der Waals surface area contributed by atoms with E-state index >= 15 is 0 Å². The van der Waals surface area contributed by atoms with Crippen molar-refractivity contribution in [2.75, 3.05) is 19.8 Å². The molecule has 0 unspecified atom stereocenters. The molecule has 0 bridgehead atoms. The summed E-state index contributed by atoms with van der Waals surface area (Å²) in [5.74, 6) is 1.59. The Hall–Kier alpha value is -0.780. The van der Waals surface area contributed by atoms with Gasteiger partial charge in [-0.1, -0.05) is 12.8 Å². The largest absolute Gasteiger partial charge is 0.486 e. The highest BCUT2D eigenvalue weighted by Gasteiger charge is 2.32. The first-order chi connectivity index (χ1) is 9.72.